The average molecular weight is 384 g/mol. The van der Waals surface area contributed by atoms with E-state index in [1.807, 2.05) is 0 Å². The molecule has 1 aromatic heterocycles. The fraction of sp³-hybridized carbons (Fsp3) is 0. The molecule has 0 spiro atoms. The summed E-state index contributed by atoms with van der Waals surface area (Å²) in [4.78, 5) is 4.02. The van der Waals surface area contributed by atoms with E-state index in [0.29, 0.717) is 5.52 Å². The second-order valence-corrected chi connectivity index (χ2v) is 5.17. The van der Waals surface area contributed by atoms with E-state index in [9.17, 15) is 4.39 Å². The minimum Gasteiger partial charge on any atom is -0.252 e. The lowest BCUT2D eigenvalue weighted by molar-refractivity contribution is 0.636. The largest absolute Gasteiger partial charge is 0.252 e. The Labute approximate surface area is 105 Å². The van der Waals surface area contributed by atoms with Gasteiger partial charge in [0.05, 0.1) is 4.47 Å². The molecule has 2 aromatic rings. The maximum Gasteiger partial charge on any atom is 0.149 e. The van der Waals surface area contributed by atoms with Crippen LogP contribution in [-0.2, 0) is 0 Å². The third-order valence-electron chi connectivity index (χ3n) is 1.81. The summed E-state index contributed by atoms with van der Waals surface area (Å²) < 4.78 is 15.8. The van der Waals surface area contributed by atoms with Crippen LogP contribution in [0.4, 0.5) is 4.39 Å². The number of nitrogens with zero attached hydrogens (tertiary/aromatic N) is 1. The zero-order valence-electron chi connectivity index (χ0n) is 6.69. The van der Waals surface area contributed by atoms with Gasteiger partial charge >= 0.3 is 0 Å². The molecule has 0 aliphatic carbocycles. The summed E-state index contributed by atoms with van der Waals surface area (Å²) >= 11 is 10.1. The second-order valence-electron chi connectivity index (χ2n) is 2.67. The monoisotopic (exact) mass is 381 g/mol. The first kappa shape index (κ1) is 10.5. The average Bonchev–Trinajstić information content (AvgIpc) is 2.16. The molecule has 0 saturated heterocycles. The first-order chi connectivity index (χ1) is 6.61. The molecule has 14 heavy (non-hydrogen) atoms. The number of hydrogen-bond donors (Lipinski definition) is 0. The Morgan fingerprint density at radius 2 is 1.79 bits per heavy atom. The second kappa shape index (κ2) is 3.87. The Morgan fingerprint density at radius 3 is 2.50 bits per heavy atom. The fourth-order valence-electron chi connectivity index (χ4n) is 1.17. The molecule has 1 heterocycles. The molecule has 0 saturated carbocycles. The van der Waals surface area contributed by atoms with Crippen LogP contribution in [0, 0.1) is 5.82 Å². The lowest BCUT2D eigenvalue weighted by Crippen LogP contribution is -1.87. The van der Waals surface area contributed by atoms with Crippen LogP contribution >= 0.6 is 47.8 Å². The first-order valence-corrected chi connectivity index (χ1v) is 6.07. The topological polar surface area (TPSA) is 12.9 Å². The van der Waals surface area contributed by atoms with Gasteiger partial charge in [0.25, 0.3) is 0 Å². The molecule has 0 unspecified atom stereocenters. The van der Waals surface area contributed by atoms with Crippen molar-refractivity contribution in [3.05, 3.63) is 37.6 Å². The zero-order chi connectivity index (χ0) is 10.3. The number of fused-ring (bicyclic) bond motifs is 1. The predicted molar refractivity (Wildman–Crippen MR) is 64.8 cm³/mol. The maximum absolute atomic E-state index is 13.4. The minimum absolute atomic E-state index is 0.323. The normalized spacial score (nSPS) is 10.9. The van der Waals surface area contributed by atoms with E-state index in [4.69, 9.17) is 0 Å². The van der Waals surface area contributed by atoms with Crippen molar-refractivity contribution in [2.24, 2.45) is 0 Å². The number of halogens is 4. The van der Waals surface area contributed by atoms with Gasteiger partial charge < -0.3 is 0 Å². The van der Waals surface area contributed by atoms with Crippen LogP contribution in [0.3, 0.4) is 0 Å². The van der Waals surface area contributed by atoms with Gasteiger partial charge in [0.1, 0.15) is 11.3 Å². The zero-order valence-corrected chi connectivity index (χ0v) is 11.4. The van der Waals surface area contributed by atoms with Crippen molar-refractivity contribution in [1.29, 1.82) is 0 Å². The number of pyridine rings is 1. The Bertz CT molecular complexity index is 513. The van der Waals surface area contributed by atoms with Crippen molar-refractivity contribution in [2.45, 2.75) is 0 Å². The molecule has 72 valence electrons. The standard InChI is InChI=1S/C9H3Br3FN/c10-4-1-2-6(13)9-7(4)8(12)5(11)3-14-9/h1-3H. The summed E-state index contributed by atoms with van der Waals surface area (Å²) in [7, 11) is 0. The minimum atomic E-state index is -0.323. The fourth-order valence-corrected chi connectivity index (χ4v) is 2.76. The Hall–Kier alpha value is -0.000000000000000167. The molecule has 0 bridgehead atoms. The van der Waals surface area contributed by atoms with Gasteiger partial charge in [-0.25, -0.2) is 4.39 Å². The summed E-state index contributed by atoms with van der Waals surface area (Å²) in [6.45, 7) is 0. The lowest BCUT2D eigenvalue weighted by atomic mass is 10.2. The van der Waals surface area contributed by atoms with E-state index in [1.165, 1.54) is 6.07 Å². The summed E-state index contributed by atoms with van der Waals surface area (Å²) in [5.41, 5.74) is 0.356. The molecule has 0 aliphatic rings. The predicted octanol–water partition coefficient (Wildman–Crippen LogP) is 4.66. The molecular formula is C9H3Br3FN. The summed E-state index contributed by atoms with van der Waals surface area (Å²) in [5, 5.41) is 0.736. The van der Waals surface area contributed by atoms with E-state index >= 15 is 0 Å². The van der Waals surface area contributed by atoms with Gasteiger partial charge in [-0.2, -0.15) is 0 Å². The molecular weight excluding hydrogens is 381 g/mol. The quantitative estimate of drug-likeness (QED) is 0.644. The van der Waals surface area contributed by atoms with E-state index in [2.05, 4.69) is 52.8 Å². The van der Waals surface area contributed by atoms with Gasteiger partial charge in [-0.3, -0.25) is 4.98 Å². The van der Waals surface area contributed by atoms with Crippen LogP contribution < -0.4 is 0 Å². The van der Waals surface area contributed by atoms with Gasteiger partial charge in [-0.15, -0.1) is 0 Å². The van der Waals surface area contributed by atoms with Crippen molar-refractivity contribution in [2.75, 3.05) is 0 Å². The van der Waals surface area contributed by atoms with Gasteiger partial charge in [0.2, 0.25) is 0 Å². The molecule has 0 radical (unpaired) electrons. The Morgan fingerprint density at radius 1 is 1.07 bits per heavy atom. The van der Waals surface area contributed by atoms with Crippen molar-refractivity contribution < 1.29 is 4.39 Å². The molecule has 0 amide bonds. The summed E-state index contributed by atoms with van der Waals surface area (Å²) in [6, 6.07) is 3.05. The molecule has 0 aliphatic heterocycles. The van der Waals surface area contributed by atoms with Gasteiger partial charge in [0.15, 0.2) is 0 Å². The molecule has 0 atom stereocenters. The number of rotatable bonds is 0. The Balaban J connectivity index is 3.01. The summed E-state index contributed by atoms with van der Waals surface area (Å²) in [5.74, 6) is -0.323. The van der Waals surface area contributed by atoms with Crippen LogP contribution in [0.1, 0.15) is 0 Å². The summed E-state index contributed by atoms with van der Waals surface area (Å²) in [6.07, 6.45) is 1.57. The van der Waals surface area contributed by atoms with Crippen LogP contribution in [-0.4, -0.2) is 4.98 Å². The molecule has 2 rings (SSSR count). The van der Waals surface area contributed by atoms with Gasteiger partial charge in [-0.05, 0) is 44.0 Å². The molecule has 0 fully saturated rings. The SMILES string of the molecule is Fc1ccc(Br)c2c(Br)c(Br)cnc12. The van der Waals surface area contributed by atoms with Crippen LogP contribution in [0.15, 0.2) is 31.7 Å². The van der Waals surface area contributed by atoms with E-state index in [1.54, 1.807) is 12.3 Å². The lowest BCUT2D eigenvalue weighted by Gasteiger charge is -2.05. The molecule has 1 aromatic carbocycles. The highest BCUT2D eigenvalue weighted by atomic mass is 79.9. The van der Waals surface area contributed by atoms with E-state index in [0.717, 1.165) is 18.8 Å². The van der Waals surface area contributed by atoms with Crippen LogP contribution in [0.25, 0.3) is 10.9 Å². The highest BCUT2D eigenvalue weighted by Gasteiger charge is 2.11. The van der Waals surface area contributed by atoms with Crippen molar-refractivity contribution >= 4 is 58.7 Å². The number of hydrogen-bond acceptors (Lipinski definition) is 1. The smallest absolute Gasteiger partial charge is 0.149 e. The number of aromatic nitrogens is 1. The molecule has 5 heteroatoms. The molecule has 0 N–H and O–H groups in total. The number of benzene rings is 1. The highest BCUT2D eigenvalue weighted by molar-refractivity contribution is 9.13. The molecule has 1 nitrogen and oxygen atoms in total. The van der Waals surface area contributed by atoms with E-state index < -0.39 is 0 Å². The third-order valence-corrected chi connectivity index (χ3v) is 4.43. The Kier molecular flexibility index (Phi) is 2.91. The first-order valence-electron chi connectivity index (χ1n) is 3.69. The van der Waals surface area contributed by atoms with Gasteiger partial charge in [-0.1, -0.05) is 15.9 Å². The van der Waals surface area contributed by atoms with Crippen molar-refractivity contribution in [3.8, 4) is 0 Å². The van der Waals surface area contributed by atoms with Gasteiger partial charge in [0, 0.05) is 20.5 Å². The van der Waals surface area contributed by atoms with Crippen molar-refractivity contribution in [1.82, 2.24) is 4.98 Å². The van der Waals surface area contributed by atoms with Crippen LogP contribution in [0.2, 0.25) is 0 Å². The third kappa shape index (κ3) is 1.61. The van der Waals surface area contributed by atoms with E-state index in [-0.39, 0.29) is 5.82 Å². The maximum atomic E-state index is 13.4. The van der Waals surface area contributed by atoms with Crippen molar-refractivity contribution in [3.63, 3.8) is 0 Å². The highest BCUT2D eigenvalue weighted by Crippen LogP contribution is 2.35. The van der Waals surface area contributed by atoms with Crippen LogP contribution in [0.5, 0.6) is 0 Å².